The normalized spacial score (nSPS) is 10.1. The molecule has 1 heterocycles. The van der Waals surface area contributed by atoms with Crippen LogP contribution in [0.4, 0.5) is 5.82 Å². The molecule has 0 unspecified atom stereocenters. The number of nitrogens with zero attached hydrogens (tertiary/aromatic N) is 3. The van der Waals surface area contributed by atoms with Gasteiger partial charge in [0.25, 0.3) is 0 Å². The molecule has 0 radical (unpaired) electrons. The van der Waals surface area contributed by atoms with Crippen LogP contribution in [0, 0.1) is 0 Å². The van der Waals surface area contributed by atoms with Gasteiger partial charge >= 0.3 is 0 Å². The highest BCUT2D eigenvalue weighted by Crippen LogP contribution is 2.03. The summed E-state index contributed by atoms with van der Waals surface area (Å²) >= 11 is 0. The van der Waals surface area contributed by atoms with Crippen LogP contribution in [0.5, 0.6) is 0 Å². The largest absolute Gasteiger partial charge is 0.355 e. The van der Waals surface area contributed by atoms with Gasteiger partial charge in [-0.3, -0.25) is 0 Å². The zero-order chi connectivity index (χ0) is 10.9. The second-order valence-electron chi connectivity index (χ2n) is 2.96. The lowest BCUT2D eigenvalue weighted by Gasteiger charge is -2.14. The molecule has 1 rings (SSSR count). The summed E-state index contributed by atoms with van der Waals surface area (Å²) < 4.78 is 0. The van der Waals surface area contributed by atoms with Crippen molar-refractivity contribution in [1.29, 1.82) is 0 Å². The molecule has 0 N–H and O–H groups in total. The topological polar surface area (TPSA) is 28.5 Å². The van der Waals surface area contributed by atoms with Gasteiger partial charge in [0.15, 0.2) is 5.82 Å². The molecule has 0 aliphatic rings. The van der Waals surface area contributed by atoms with Gasteiger partial charge in [-0.2, -0.15) is 0 Å². The van der Waals surface area contributed by atoms with Crippen LogP contribution in [-0.4, -0.2) is 29.3 Å². The summed E-state index contributed by atoms with van der Waals surface area (Å²) in [6, 6.07) is 5.63. The van der Waals surface area contributed by atoms with Gasteiger partial charge in [0.1, 0.15) is 0 Å². The summed E-state index contributed by atoms with van der Waals surface area (Å²) in [5, 5.41) is 0. The fourth-order valence-corrected chi connectivity index (χ4v) is 1.07. The van der Waals surface area contributed by atoms with Crippen LogP contribution in [0.15, 0.2) is 54.7 Å². The van der Waals surface area contributed by atoms with Crippen LogP contribution in [0.25, 0.3) is 0 Å². The number of pyridine rings is 1. The first-order chi connectivity index (χ1) is 7.36. The summed E-state index contributed by atoms with van der Waals surface area (Å²) in [5.41, 5.74) is 0. The van der Waals surface area contributed by atoms with E-state index in [1.165, 1.54) is 0 Å². The number of aliphatic imine (C=N–C) groups is 1. The van der Waals surface area contributed by atoms with Gasteiger partial charge in [-0.15, -0.1) is 13.2 Å². The molecule has 0 fully saturated rings. The molecule has 3 heteroatoms. The summed E-state index contributed by atoms with van der Waals surface area (Å²) in [7, 11) is 0. The van der Waals surface area contributed by atoms with Crippen molar-refractivity contribution in [3.63, 3.8) is 0 Å². The maximum atomic E-state index is 4.24. The third kappa shape index (κ3) is 4.22. The standard InChI is InChI=1S/C12H15N3/c1-3-9-15(10-4-2)11-14-12-7-5-6-8-13-12/h3-8,11H,1-2,9-10H2/b14-11+. The number of aromatic nitrogens is 1. The van der Waals surface area contributed by atoms with Gasteiger partial charge in [-0.05, 0) is 12.1 Å². The number of hydrogen-bond acceptors (Lipinski definition) is 2. The van der Waals surface area contributed by atoms with Crippen molar-refractivity contribution in [2.45, 2.75) is 0 Å². The van der Waals surface area contributed by atoms with Crippen molar-refractivity contribution < 1.29 is 0 Å². The number of rotatable bonds is 6. The Morgan fingerprint density at radius 2 is 2.00 bits per heavy atom. The quantitative estimate of drug-likeness (QED) is 0.402. The molecule has 15 heavy (non-hydrogen) atoms. The first-order valence-corrected chi connectivity index (χ1v) is 4.78. The minimum Gasteiger partial charge on any atom is -0.355 e. The van der Waals surface area contributed by atoms with Crippen LogP contribution < -0.4 is 0 Å². The Morgan fingerprint density at radius 3 is 2.53 bits per heavy atom. The fraction of sp³-hybridized carbons (Fsp3) is 0.167. The maximum absolute atomic E-state index is 4.24. The maximum Gasteiger partial charge on any atom is 0.153 e. The molecular weight excluding hydrogens is 186 g/mol. The van der Waals surface area contributed by atoms with E-state index in [2.05, 4.69) is 23.1 Å². The van der Waals surface area contributed by atoms with Gasteiger partial charge < -0.3 is 4.90 Å². The molecule has 0 saturated heterocycles. The van der Waals surface area contributed by atoms with Crippen molar-refractivity contribution in [2.75, 3.05) is 13.1 Å². The average Bonchev–Trinajstić information content (AvgIpc) is 2.28. The Kier molecular flexibility index (Phi) is 4.87. The lowest BCUT2D eigenvalue weighted by Crippen LogP contribution is -2.21. The van der Waals surface area contributed by atoms with E-state index < -0.39 is 0 Å². The van der Waals surface area contributed by atoms with Crippen molar-refractivity contribution >= 4 is 12.2 Å². The first kappa shape index (κ1) is 11.2. The van der Waals surface area contributed by atoms with Gasteiger partial charge in [0.2, 0.25) is 0 Å². The van der Waals surface area contributed by atoms with Gasteiger partial charge in [0, 0.05) is 19.3 Å². The van der Waals surface area contributed by atoms with Crippen LogP contribution in [0.2, 0.25) is 0 Å². The van der Waals surface area contributed by atoms with E-state index in [4.69, 9.17) is 0 Å². The van der Waals surface area contributed by atoms with Crippen LogP contribution in [-0.2, 0) is 0 Å². The Labute approximate surface area is 90.5 Å². The van der Waals surface area contributed by atoms with Gasteiger partial charge in [0.05, 0.1) is 6.34 Å². The van der Waals surface area contributed by atoms with E-state index >= 15 is 0 Å². The monoisotopic (exact) mass is 201 g/mol. The van der Waals surface area contributed by atoms with Crippen molar-refractivity contribution in [3.8, 4) is 0 Å². The molecule has 0 atom stereocenters. The molecule has 1 aromatic heterocycles. The second-order valence-corrected chi connectivity index (χ2v) is 2.96. The zero-order valence-electron chi connectivity index (χ0n) is 8.71. The molecule has 3 nitrogen and oxygen atoms in total. The Balaban J connectivity index is 2.60. The Morgan fingerprint density at radius 1 is 1.27 bits per heavy atom. The van der Waals surface area contributed by atoms with Gasteiger partial charge in [-0.25, -0.2) is 9.98 Å². The first-order valence-electron chi connectivity index (χ1n) is 4.78. The lowest BCUT2D eigenvalue weighted by molar-refractivity contribution is 0.529. The molecular formula is C12H15N3. The Bertz CT molecular complexity index is 320. The third-order valence-electron chi connectivity index (χ3n) is 1.73. The summed E-state index contributed by atoms with van der Waals surface area (Å²) in [4.78, 5) is 10.3. The van der Waals surface area contributed by atoms with E-state index in [-0.39, 0.29) is 0 Å². The van der Waals surface area contributed by atoms with E-state index in [9.17, 15) is 0 Å². The summed E-state index contributed by atoms with van der Waals surface area (Å²) in [6.45, 7) is 8.87. The van der Waals surface area contributed by atoms with Gasteiger partial charge in [-0.1, -0.05) is 18.2 Å². The van der Waals surface area contributed by atoms with Crippen molar-refractivity contribution in [2.24, 2.45) is 4.99 Å². The van der Waals surface area contributed by atoms with Crippen LogP contribution in [0.3, 0.4) is 0 Å². The molecule has 0 bridgehead atoms. The minimum atomic E-state index is 0.704. The van der Waals surface area contributed by atoms with E-state index in [1.54, 1.807) is 12.5 Å². The van der Waals surface area contributed by atoms with E-state index in [1.807, 2.05) is 35.3 Å². The minimum absolute atomic E-state index is 0.704. The molecule has 0 spiro atoms. The highest BCUT2D eigenvalue weighted by Gasteiger charge is 1.93. The molecule has 0 aromatic carbocycles. The molecule has 78 valence electrons. The SMILES string of the molecule is C=CCN(/C=N/c1ccccn1)CC=C. The Hall–Kier alpha value is -1.90. The predicted octanol–water partition coefficient (Wildman–Crippen LogP) is 2.42. The van der Waals surface area contributed by atoms with E-state index in [0.717, 1.165) is 13.1 Å². The fourth-order valence-electron chi connectivity index (χ4n) is 1.07. The second kappa shape index (κ2) is 6.54. The zero-order valence-corrected chi connectivity index (χ0v) is 8.71. The van der Waals surface area contributed by atoms with Crippen LogP contribution >= 0.6 is 0 Å². The molecule has 0 aliphatic heterocycles. The summed E-state index contributed by atoms with van der Waals surface area (Å²) in [5.74, 6) is 0.704. The highest BCUT2D eigenvalue weighted by molar-refractivity contribution is 5.60. The molecule has 0 aliphatic carbocycles. The van der Waals surface area contributed by atoms with Crippen molar-refractivity contribution in [1.82, 2.24) is 9.88 Å². The highest BCUT2D eigenvalue weighted by atomic mass is 15.1. The van der Waals surface area contributed by atoms with Crippen LogP contribution in [0.1, 0.15) is 0 Å². The number of hydrogen-bond donors (Lipinski definition) is 0. The van der Waals surface area contributed by atoms with Crippen molar-refractivity contribution in [3.05, 3.63) is 49.7 Å². The smallest absolute Gasteiger partial charge is 0.153 e. The predicted molar refractivity (Wildman–Crippen MR) is 64.4 cm³/mol. The average molecular weight is 201 g/mol. The molecule has 0 saturated carbocycles. The third-order valence-corrected chi connectivity index (χ3v) is 1.73. The summed E-state index contributed by atoms with van der Waals surface area (Å²) in [6.07, 6.45) is 7.13. The lowest BCUT2D eigenvalue weighted by atomic mass is 10.5. The molecule has 0 amide bonds. The molecule has 1 aromatic rings. The van der Waals surface area contributed by atoms with E-state index in [0.29, 0.717) is 5.82 Å².